The van der Waals surface area contributed by atoms with Crippen molar-refractivity contribution in [3.05, 3.63) is 86.6 Å². The van der Waals surface area contributed by atoms with Gasteiger partial charge in [-0.2, -0.15) is 0 Å². The van der Waals surface area contributed by atoms with Crippen molar-refractivity contribution >= 4 is 40.4 Å². The number of hydrogen-bond donors (Lipinski definition) is 2. The SMILES string of the molecule is CCOc1cc(/C(O)=C2/C(=O)C(=O)N(Cc3cccs3)C2c2ccc(O)cc2)ccc1Cl. The molecule has 1 unspecified atom stereocenters. The number of benzene rings is 2. The van der Waals surface area contributed by atoms with E-state index >= 15 is 0 Å². The van der Waals surface area contributed by atoms with Crippen molar-refractivity contribution in [1.82, 2.24) is 4.90 Å². The number of Topliss-reactive ketones (excluding diaryl/α,β-unsaturated/α-hetero) is 1. The summed E-state index contributed by atoms with van der Waals surface area (Å²) in [5.41, 5.74) is 0.886. The van der Waals surface area contributed by atoms with Gasteiger partial charge < -0.3 is 19.8 Å². The first-order valence-corrected chi connectivity index (χ1v) is 11.2. The number of phenolic OH excluding ortho intramolecular Hbond substituents is 1. The number of carbonyl (C=O) groups excluding carboxylic acids is 2. The van der Waals surface area contributed by atoms with E-state index in [-0.39, 0.29) is 23.6 Å². The fraction of sp³-hybridized carbons (Fsp3) is 0.167. The van der Waals surface area contributed by atoms with E-state index in [1.54, 1.807) is 30.3 Å². The number of amides is 1. The van der Waals surface area contributed by atoms with Crippen molar-refractivity contribution in [2.75, 3.05) is 6.61 Å². The quantitative estimate of drug-likeness (QED) is 0.297. The Bertz CT molecular complexity index is 1190. The number of aromatic hydroxyl groups is 1. The van der Waals surface area contributed by atoms with Gasteiger partial charge in [-0.15, -0.1) is 11.3 Å². The largest absolute Gasteiger partial charge is 0.508 e. The Morgan fingerprint density at radius 1 is 1.16 bits per heavy atom. The predicted molar refractivity (Wildman–Crippen MR) is 123 cm³/mol. The standard InChI is InChI=1S/C24H20ClNO5S/c1-2-31-19-12-15(7-10-18(19)25)22(28)20-21(14-5-8-16(27)9-6-14)26(24(30)23(20)29)13-17-4-3-11-32-17/h3-12,21,27-28H,2,13H2,1H3/b22-20-. The van der Waals surface area contributed by atoms with Gasteiger partial charge in [0.1, 0.15) is 17.3 Å². The molecule has 2 heterocycles. The maximum Gasteiger partial charge on any atom is 0.295 e. The van der Waals surface area contributed by atoms with Crippen molar-refractivity contribution < 1.29 is 24.5 Å². The van der Waals surface area contributed by atoms with Crippen LogP contribution in [0.1, 0.15) is 29.0 Å². The monoisotopic (exact) mass is 469 g/mol. The van der Waals surface area contributed by atoms with Crippen LogP contribution in [0.2, 0.25) is 5.02 Å². The molecule has 2 aromatic carbocycles. The van der Waals surface area contributed by atoms with Crippen LogP contribution in [0.15, 0.2) is 65.6 Å². The minimum Gasteiger partial charge on any atom is -0.508 e. The summed E-state index contributed by atoms with van der Waals surface area (Å²) < 4.78 is 5.50. The Balaban J connectivity index is 1.86. The summed E-state index contributed by atoms with van der Waals surface area (Å²) in [6, 6.07) is 13.8. The predicted octanol–water partition coefficient (Wildman–Crippen LogP) is 5.13. The molecule has 8 heteroatoms. The van der Waals surface area contributed by atoms with E-state index in [0.717, 1.165) is 4.88 Å². The van der Waals surface area contributed by atoms with Gasteiger partial charge in [0.25, 0.3) is 11.7 Å². The first-order valence-electron chi connectivity index (χ1n) is 9.93. The second kappa shape index (κ2) is 9.06. The van der Waals surface area contributed by atoms with E-state index in [1.165, 1.54) is 28.4 Å². The van der Waals surface area contributed by atoms with Crippen LogP contribution in [0.25, 0.3) is 5.76 Å². The molecule has 0 saturated carbocycles. The van der Waals surface area contributed by atoms with Gasteiger partial charge in [-0.25, -0.2) is 0 Å². The zero-order chi connectivity index (χ0) is 22.8. The molecule has 6 nitrogen and oxygen atoms in total. The molecule has 0 spiro atoms. The molecule has 4 rings (SSSR count). The van der Waals surface area contributed by atoms with Crippen LogP contribution in [0.5, 0.6) is 11.5 Å². The van der Waals surface area contributed by atoms with Gasteiger partial charge >= 0.3 is 0 Å². The summed E-state index contributed by atoms with van der Waals surface area (Å²) in [5.74, 6) is -1.36. The number of ketones is 1. The number of ether oxygens (including phenoxy) is 1. The average molecular weight is 470 g/mol. The molecule has 1 aromatic heterocycles. The van der Waals surface area contributed by atoms with Crippen molar-refractivity contribution in [3.8, 4) is 11.5 Å². The van der Waals surface area contributed by atoms with Crippen LogP contribution in [0.3, 0.4) is 0 Å². The molecular weight excluding hydrogens is 450 g/mol. The third-order valence-electron chi connectivity index (χ3n) is 5.16. The van der Waals surface area contributed by atoms with Gasteiger partial charge in [0, 0.05) is 10.4 Å². The summed E-state index contributed by atoms with van der Waals surface area (Å²) in [4.78, 5) is 28.4. The summed E-state index contributed by atoms with van der Waals surface area (Å²) in [7, 11) is 0. The van der Waals surface area contributed by atoms with Crippen LogP contribution < -0.4 is 4.74 Å². The van der Waals surface area contributed by atoms with Crippen molar-refractivity contribution in [2.45, 2.75) is 19.5 Å². The van der Waals surface area contributed by atoms with Crippen LogP contribution >= 0.6 is 22.9 Å². The fourth-order valence-electron chi connectivity index (χ4n) is 3.69. The van der Waals surface area contributed by atoms with Crippen molar-refractivity contribution in [2.24, 2.45) is 0 Å². The summed E-state index contributed by atoms with van der Waals surface area (Å²) in [6.07, 6.45) is 0. The lowest BCUT2D eigenvalue weighted by Gasteiger charge is -2.25. The van der Waals surface area contributed by atoms with Gasteiger partial charge in [-0.05, 0) is 54.3 Å². The molecule has 1 aliphatic heterocycles. The van der Waals surface area contributed by atoms with Gasteiger partial charge in [-0.3, -0.25) is 9.59 Å². The van der Waals surface area contributed by atoms with Gasteiger partial charge in [0.2, 0.25) is 0 Å². The second-order valence-electron chi connectivity index (χ2n) is 7.18. The highest BCUT2D eigenvalue weighted by Crippen LogP contribution is 2.41. The molecule has 164 valence electrons. The highest BCUT2D eigenvalue weighted by Gasteiger charge is 2.46. The Kier molecular flexibility index (Phi) is 6.21. The van der Waals surface area contributed by atoms with Crippen LogP contribution in [-0.2, 0) is 16.1 Å². The van der Waals surface area contributed by atoms with Gasteiger partial charge in [0.15, 0.2) is 0 Å². The highest BCUT2D eigenvalue weighted by molar-refractivity contribution is 7.09. The number of rotatable bonds is 6. The number of carbonyl (C=O) groups is 2. The molecule has 32 heavy (non-hydrogen) atoms. The second-order valence-corrected chi connectivity index (χ2v) is 8.62. The molecule has 1 aliphatic rings. The molecule has 1 fully saturated rings. The molecule has 3 aromatic rings. The number of likely N-dealkylation sites (tertiary alicyclic amines) is 1. The van der Waals surface area contributed by atoms with Crippen LogP contribution in [-0.4, -0.2) is 33.4 Å². The van der Waals surface area contributed by atoms with E-state index in [0.29, 0.717) is 28.5 Å². The topological polar surface area (TPSA) is 87.1 Å². The molecule has 1 amide bonds. The number of hydrogen-bond acceptors (Lipinski definition) is 6. The molecule has 2 N–H and O–H groups in total. The first kappa shape index (κ1) is 21.9. The van der Waals surface area contributed by atoms with E-state index in [9.17, 15) is 19.8 Å². The Labute approximate surface area is 193 Å². The molecule has 1 saturated heterocycles. The Morgan fingerprint density at radius 2 is 1.91 bits per heavy atom. The smallest absolute Gasteiger partial charge is 0.295 e. The van der Waals surface area contributed by atoms with Crippen molar-refractivity contribution in [1.29, 1.82) is 0 Å². The van der Waals surface area contributed by atoms with E-state index in [1.807, 2.05) is 24.4 Å². The summed E-state index contributed by atoms with van der Waals surface area (Å²) in [6.45, 7) is 2.40. The molecule has 0 bridgehead atoms. The van der Waals surface area contributed by atoms with E-state index in [4.69, 9.17) is 16.3 Å². The Hall–Kier alpha value is -3.29. The number of phenols is 1. The normalized spacial score (nSPS) is 17.7. The Morgan fingerprint density at radius 3 is 2.56 bits per heavy atom. The lowest BCUT2D eigenvalue weighted by molar-refractivity contribution is -0.140. The lowest BCUT2D eigenvalue weighted by atomic mass is 9.95. The molecular formula is C24H20ClNO5S. The van der Waals surface area contributed by atoms with E-state index in [2.05, 4.69) is 0 Å². The van der Waals surface area contributed by atoms with Gasteiger partial charge in [0.05, 0.1) is 29.8 Å². The zero-order valence-corrected chi connectivity index (χ0v) is 18.7. The number of nitrogens with zero attached hydrogens (tertiary/aromatic N) is 1. The average Bonchev–Trinajstić information content (AvgIpc) is 3.38. The van der Waals surface area contributed by atoms with Crippen molar-refractivity contribution in [3.63, 3.8) is 0 Å². The van der Waals surface area contributed by atoms with Crippen LogP contribution in [0, 0.1) is 0 Å². The third-order valence-corrected chi connectivity index (χ3v) is 6.33. The summed E-state index contributed by atoms with van der Waals surface area (Å²) in [5, 5.41) is 23.1. The van der Waals surface area contributed by atoms with E-state index < -0.39 is 17.7 Å². The maximum atomic E-state index is 13.1. The molecule has 0 aliphatic carbocycles. The van der Waals surface area contributed by atoms with Gasteiger partial charge in [-0.1, -0.05) is 29.8 Å². The lowest BCUT2D eigenvalue weighted by Crippen LogP contribution is -2.28. The minimum absolute atomic E-state index is 0.0259. The number of thiophene rings is 1. The third kappa shape index (κ3) is 4.09. The number of aliphatic hydroxyl groups is 1. The van der Waals surface area contributed by atoms with Crippen LogP contribution in [0.4, 0.5) is 0 Å². The first-order chi connectivity index (χ1) is 15.4. The zero-order valence-electron chi connectivity index (χ0n) is 17.1. The maximum absolute atomic E-state index is 13.1. The number of aliphatic hydroxyl groups excluding tert-OH is 1. The number of halogens is 1. The summed E-state index contributed by atoms with van der Waals surface area (Å²) >= 11 is 7.63. The minimum atomic E-state index is -0.816. The highest BCUT2D eigenvalue weighted by atomic mass is 35.5. The molecule has 1 atom stereocenters. The molecule has 0 radical (unpaired) electrons. The fourth-order valence-corrected chi connectivity index (χ4v) is 4.56.